The van der Waals surface area contributed by atoms with Crippen LogP contribution in [0.1, 0.15) is 48.5 Å². The molecule has 156 valence electrons. The first-order valence-electron chi connectivity index (χ1n) is 10.4. The Bertz CT molecular complexity index is 1070. The molecule has 3 aromatic rings. The summed E-state index contributed by atoms with van der Waals surface area (Å²) in [5, 5.41) is 7.57. The molecule has 2 aromatic heterocycles. The molecule has 0 bridgehead atoms. The van der Waals surface area contributed by atoms with Gasteiger partial charge in [0.1, 0.15) is 11.6 Å². The Morgan fingerprint density at radius 3 is 2.40 bits per heavy atom. The average Bonchev–Trinajstić information content (AvgIpc) is 3.34. The van der Waals surface area contributed by atoms with Crippen molar-refractivity contribution in [1.29, 1.82) is 0 Å². The van der Waals surface area contributed by atoms with Gasteiger partial charge in [-0.25, -0.2) is 9.67 Å². The number of anilines is 1. The Balaban J connectivity index is 1.49. The molecule has 4 rings (SSSR count). The van der Waals surface area contributed by atoms with Crippen LogP contribution >= 0.6 is 0 Å². The van der Waals surface area contributed by atoms with Gasteiger partial charge in [-0.05, 0) is 70.4 Å². The van der Waals surface area contributed by atoms with Crippen molar-refractivity contribution in [2.45, 2.75) is 53.4 Å². The predicted molar refractivity (Wildman–Crippen MR) is 115 cm³/mol. The van der Waals surface area contributed by atoms with E-state index in [-0.39, 0.29) is 11.8 Å². The number of carbonyl (C=O) groups is 1. The summed E-state index contributed by atoms with van der Waals surface area (Å²) in [7, 11) is 0. The number of benzene rings is 1. The minimum atomic E-state index is 0.109. The summed E-state index contributed by atoms with van der Waals surface area (Å²) in [6.45, 7) is 7.88. The van der Waals surface area contributed by atoms with E-state index in [4.69, 9.17) is 4.74 Å². The first-order valence-corrected chi connectivity index (χ1v) is 10.4. The minimum Gasteiger partial charge on any atom is -0.439 e. The lowest BCUT2D eigenvalue weighted by Gasteiger charge is -2.12. The number of hydrogen-bond donors (Lipinski definition) is 1. The largest absolute Gasteiger partial charge is 0.439 e. The summed E-state index contributed by atoms with van der Waals surface area (Å²) in [6, 6.07) is 9.13. The van der Waals surface area contributed by atoms with Crippen molar-refractivity contribution >= 4 is 11.6 Å². The summed E-state index contributed by atoms with van der Waals surface area (Å²) in [6.07, 6.45) is 4.25. The van der Waals surface area contributed by atoms with Crippen LogP contribution in [0, 0.1) is 33.6 Å². The lowest BCUT2D eigenvalue weighted by atomic mass is 10.1. The monoisotopic (exact) mass is 405 g/mol. The Labute approximate surface area is 176 Å². The predicted octanol–water partition coefficient (Wildman–Crippen LogP) is 4.82. The van der Waals surface area contributed by atoms with Gasteiger partial charge in [-0.15, -0.1) is 0 Å². The van der Waals surface area contributed by atoms with E-state index in [9.17, 15) is 4.79 Å². The molecule has 7 nitrogen and oxygen atoms in total. The van der Waals surface area contributed by atoms with E-state index in [1.54, 1.807) is 6.07 Å². The second-order valence-electron chi connectivity index (χ2n) is 7.92. The van der Waals surface area contributed by atoms with Gasteiger partial charge in [0.2, 0.25) is 11.8 Å². The van der Waals surface area contributed by atoms with Crippen LogP contribution in [0.4, 0.5) is 5.69 Å². The number of nitrogens with zero attached hydrogens (tertiary/aromatic N) is 4. The van der Waals surface area contributed by atoms with E-state index < -0.39 is 0 Å². The van der Waals surface area contributed by atoms with Gasteiger partial charge < -0.3 is 10.1 Å². The fourth-order valence-electron chi connectivity index (χ4n) is 3.79. The molecular weight excluding hydrogens is 378 g/mol. The Hall–Kier alpha value is -3.22. The van der Waals surface area contributed by atoms with Crippen LogP contribution in [0.5, 0.6) is 11.6 Å². The zero-order chi connectivity index (χ0) is 21.3. The first-order chi connectivity index (χ1) is 14.4. The highest BCUT2D eigenvalue weighted by Crippen LogP contribution is 2.27. The van der Waals surface area contributed by atoms with Crippen molar-refractivity contribution in [3.8, 4) is 17.4 Å². The fourth-order valence-corrected chi connectivity index (χ4v) is 3.79. The molecule has 0 spiro atoms. The van der Waals surface area contributed by atoms with E-state index >= 15 is 0 Å². The third kappa shape index (κ3) is 4.20. The van der Waals surface area contributed by atoms with E-state index in [0.29, 0.717) is 23.3 Å². The molecule has 0 aliphatic heterocycles. The number of amides is 1. The van der Waals surface area contributed by atoms with Crippen molar-refractivity contribution in [3.05, 3.63) is 53.1 Å². The Kier molecular flexibility index (Phi) is 5.53. The Morgan fingerprint density at radius 2 is 1.77 bits per heavy atom. The quantitative estimate of drug-likeness (QED) is 0.658. The van der Waals surface area contributed by atoms with Crippen LogP contribution in [-0.2, 0) is 4.79 Å². The average molecular weight is 406 g/mol. The van der Waals surface area contributed by atoms with Gasteiger partial charge in [0.25, 0.3) is 0 Å². The number of hydrogen-bond acceptors (Lipinski definition) is 5. The number of rotatable bonds is 5. The lowest BCUT2D eigenvalue weighted by Crippen LogP contribution is -2.20. The summed E-state index contributed by atoms with van der Waals surface area (Å²) in [5.74, 6) is 2.62. The molecule has 0 saturated heterocycles. The van der Waals surface area contributed by atoms with Gasteiger partial charge in [-0.3, -0.25) is 4.79 Å². The molecule has 30 heavy (non-hydrogen) atoms. The SMILES string of the molecule is Cc1nc(Oc2ccc(NC(=O)C3CCCC3)cc2)cc(-n2nc(C)c(C)c2C)n1. The molecule has 1 aliphatic rings. The number of ether oxygens (including phenoxy) is 1. The normalized spacial score (nSPS) is 14.1. The third-order valence-electron chi connectivity index (χ3n) is 5.74. The second kappa shape index (κ2) is 8.26. The van der Waals surface area contributed by atoms with Crippen molar-refractivity contribution in [2.24, 2.45) is 5.92 Å². The van der Waals surface area contributed by atoms with Gasteiger partial charge >= 0.3 is 0 Å². The van der Waals surface area contributed by atoms with Crippen LogP contribution in [0.2, 0.25) is 0 Å². The highest BCUT2D eigenvalue weighted by molar-refractivity contribution is 5.92. The Morgan fingerprint density at radius 1 is 1.07 bits per heavy atom. The molecular formula is C23H27N5O2. The molecule has 1 aromatic carbocycles. The highest BCUT2D eigenvalue weighted by atomic mass is 16.5. The summed E-state index contributed by atoms with van der Waals surface area (Å²) in [5.41, 5.74) is 3.93. The first kappa shape index (κ1) is 20.1. The fraction of sp³-hybridized carbons (Fsp3) is 0.391. The molecule has 1 aliphatic carbocycles. The second-order valence-corrected chi connectivity index (χ2v) is 7.92. The zero-order valence-electron chi connectivity index (χ0n) is 17.9. The maximum Gasteiger partial charge on any atom is 0.227 e. The van der Waals surface area contributed by atoms with Crippen LogP contribution in [0.15, 0.2) is 30.3 Å². The maximum absolute atomic E-state index is 12.3. The standard InChI is InChI=1S/C23H27N5O2/c1-14-15(2)27-28(16(14)3)21-13-22(25-17(4)24-21)30-20-11-9-19(10-12-20)26-23(29)18-7-5-6-8-18/h9-13,18H,5-8H2,1-4H3,(H,26,29). The summed E-state index contributed by atoms with van der Waals surface area (Å²) < 4.78 is 7.77. The zero-order valence-corrected chi connectivity index (χ0v) is 17.9. The maximum atomic E-state index is 12.3. The summed E-state index contributed by atoms with van der Waals surface area (Å²) in [4.78, 5) is 21.2. The van der Waals surface area contributed by atoms with E-state index in [2.05, 4.69) is 20.4 Å². The minimum absolute atomic E-state index is 0.109. The van der Waals surface area contributed by atoms with Crippen LogP contribution in [-0.4, -0.2) is 25.7 Å². The molecule has 7 heteroatoms. The van der Waals surface area contributed by atoms with Crippen molar-refractivity contribution < 1.29 is 9.53 Å². The molecule has 0 unspecified atom stereocenters. The van der Waals surface area contributed by atoms with E-state index in [1.165, 1.54) is 0 Å². The van der Waals surface area contributed by atoms with Crippen molar-refractivity contribution in [1.82, 2.24) is 19.7 Å². The number of aryl methyl sites for hydroxylation is 2. The van der Waals surface area contributed by atoms with Crippen LogP contribution in [0.25, 0.3) is 5.82 Å². The molecule has 1 N–H and O–H groups in total. The number of nitrogens with one attached hydrogen (secondary N) is 1. The smallest absolute Gasteiger partial charge is 0.227 e. The number of aromatic nitrogens is 4. The van der Waals surface area contributed by atoms with E-state index in [1.807, 2.05) is 56.6 Å². The van der Waals surface area contributed by atoms with Crippen molar-refractivity contribution in [2.75, 3.05) is 5.32 Å². The van der Waals surface area contributed by atoms with Gasteiger partial charge in [0.05, 0.1) is 5.69 Å². The van der Waals surface area contributed by atoms with Crippen molar-refractivity contribution in [3.63, 3.8) is 0 Å². The molecule has 1 saturated carbocycles. The van der Waals surface area contributed by atoms with Gasteiger partial charge in [0.15, 0.2) is 5.82 Å². The van der Waals surface area contributed by atoms with Gasteiger partial charge in [-0.1, -0.05) is 12.8 Å². The summed E-state index contributed by atoms with van der Waals surface area (Å²) >= 11 is 0. The number of carbonyl (C=O) groups excluding carboxylic acids is 1. The highest BCUT2D eigenvalue weighted by Gasteiger charge is 2.22. The van der Waals surface area contributed by atoms with Crippen LogP contribution < -0.4 is 10.1 Å². The van der Waals surface area contributed by atoms with Gasteiger partial charge in [-0.2, -0.15) is 10.1 Å². The van der Waals surface area contributed by atoms with E-state index in [0.717, 1.165) is 48.3 Å². The topological polar surface area (TPSA) is 81.9 Å². The molecule has 0 atom stereocenters. The molecule has 0 radical (unpaired) electrons. The molecule has 1 amide bonds. The molecule has 2 heterocycles. The lowest BCUT2D eigenvalue weighted by molar-refractivity contribution is -0.119. The third-order valence-corrected chi connectivity index (χ3v) is 5.74. The van der Waals surface area contributed by atoms with Crippen LogP contribution in [0.3, 0.4) is 0 Å². The molecule has 1 fully saturated rings. The van der Waals surface area contributed by atoms with Gasteiger partial charge in [0, 0.05) is 23.4 Å².